The molecule has 0 fully saturated rings. The molecule has 0 N–H and O–H groups in total. The predicted octanol–water partition coefficient (Wildman–Crippen LogP) is -0.772. The molecule has 0 atom stereocenters. The summed E-state index contributed by atoms with van der Waals surface area (Å²) in [5.41, 5.74) is 1.66. The van der Waals surface area contributed by atoms with Crippen LogP contribution in [0.15, 0.2) is 17.0 Å². The molecule has 1 aromatic rings. The first-order valence-electron chi connectivity index (χ1n) is 5.09. The summed E-state index contributed by atoms with van der Waals surface area (Å²) in [5, 5.41) is 13.7. The average molecular weight is 359 g/mol. The fourth-order valence-corrected chi connectivity index (χ4v) is 2.21. The zero-order valence-corrected chi connectivity index (χ0v) is 15.3. The van der Waals surface area contributed by atoms with Crippen molar-refractivity contribution < 1.29 is 53.7 Å². The molecular formula is C11H12BrNaO5S. The van der Waals surface area contributed by atoms with Crippen molar-refractivity contribution in [3.8, 4) is 5.75 Å². The maximum absolute atomic E-state index is 11.3. The van der Waals surface area contributed by atoms with Gasteiger partial charge < -0.3 is 9.99 Å². The van der Waals surface area contributed by atoms with E-state index < -0.39 is 0 Å². The summed E-state index contributed by atoms with van der Waals surface area (Å²) < 4.78 is 9.45. The number of benzene rings is 1. The van der Waals surface area contributed by atoms with E-state index in [4.69, 9.17) is 4.74 Å². The van der Waals surface area contributed by atoms with Gasteiger partial charge in [0.2, 0.25) is 0 Å². The Labute approximate surface area is 146 Å². The molecular weight excluding hydrogens is 347 g/mol. The maximum atomic E-state index is 11.3. The molecule has 0 unspecified atom stereocenters. The van der Waals surface area contributed by atoms with Crippen molar-refractivity contribution in [1.82, 2.24) is 0 Å². The van der Waals surface area contributed by atoms with Crippen LogP contribution in [0, 0.1) is 13.8 Å². The van der Waals surface area contributed by atoms with Crippen molar-refractivity contribution in [2.45, 2.75) is 25.2 Å². The van der Waals surface area contributed by atoms with Crippen molar-refractivity contribution in [1.29, 1.82) is 0 Å². The number of carbonyl (C=O) groups excluding carboxylic acids is 1. The minimum atomic E-state index is -0.301. The minimum Gasteiger partial charge on any atom is -0.691 e. The van der Waals surface area contributed by atoms with Gasteiger partial charge in [0.15, 0.2) is 0 Å². The van der Waals surface area contributed by atoms with E-state index in [-0.39, 0.29) is 35.5 Å². The number of aryl methyl sites for hydroxylation is 2. The monoisotopic (exact) mass is 358 g/mol. The van der Waals surface area contributed by atoms with Gasteiger partial charge in [0.1, 0.15) is 5.75 Å². The van der Waals surface area contributed by atoms with Gasteiger partial charge in [-0.05, 0) is 37.1 Å². The summed E-state index contributed by atoms with van der Waals surface area (Å²) in [6.07, 6.45) is 0.307. The first-order chi connectivity index (χ1) is 8.58. The fraction of sp³-hybridized carbons (Fsp3) is 0.364. The van der Waals surface area contributed by atoms with Crippen LogP contribution in [-0.4, -0.2) is 11.3 Å². The number of ether oxygens (including phenoxy) is 1. The van der Waals surface area contributed by atoms with E-state index in [2.05, 4.69) is 25.3 Å². The van der Waals surface area contributed by atoms with Crippen LogP contribution < -0.4 is 39.6 Å². The number of hydrogen-bond acceptors (Lipinski definition) is 6. The van der Waals surface area contributed by atoms with E-state index in [1.807, 2.05) is 13.8 Å². The standard InChI is InChI=1S/C11H13BrO5S.Na/c1-7-5-9(15-10(13)3-4-12)6-8(2)11(7)18-17-16-14;/h5-6,14H,3-4H2,1-2H3;/q;+1/p-1. The number of esters is 1. The van der Waals surface area contributed by atoms with E-state index >= 15 is 0 Å². The summed E-state index contributed by atoms with van der Waals surface area (Å²) in [7, 11) is 0. The van der Waals surface area contributed by atoms with Crippen molar-refractivity contribution in [3.05, 3.63) is 23.3 Å². The molecule has 0 aliphatic heterocycles. The molecule has 0 radical (unpaired) electrons. The molecule has 0 saturated heterocycles. The van der Waals surface area contributed by atoms with E-state index in [0.29, 0.717) is 17.5 Å². The van der Waals surface area contributed by atoms with Crippen molar-refractivity contribution >= 4 is 33.9 Å². The Bertz CT molecular complexity index is 407. The molecule has 0 spiro atoms. The van der Waals surface area contributed by atoms with Crippen LogP contribution >= 0.6 is 28.0 Å². The first-order valence-corrected chi connectivity index (χ1v) is 6.96. The van der Waals surface area contributed by atoms with Crippen molar-refractivity contribution in [2.24, 2.45) is 0 Å². The van der Waals surface area contributed by atoms with Crippen LogP contribution in [0.2, 0.25) is 0 Å². The largest absolute Gasteiger partial charge is 1.00 e. The minimum absolute atomic E-state index is 0. The van der Waals surface area contributed by atoms with E-state index in [9.17, 15) is 10.1 Å². The second-order valence-corrected chi connectivity index (χ2v) is 5.02. The van der Waals surface area contributed by atoms with Gasteiger partial charge >= 0.3 is 35.5 Å². The first kappa shape index (κ1) is 19.4. The van der Waals surface area contributed by atoms with E-state index in [0.717, 1.165) is 28.1 Å². The van der Waals surface area contributed by atoms with Gasteiger partial charge in [-0.25, -0.2) is 0 Å². The zero-order valence-electron chi connectivity index (χ0n) is 10.9. The Morgan fingerprint density at radius 3 is 2.42 bits per heavy atom. The van der Waals surface area contributed by atoms with Crippen molar-refractivity contribution in [3.63, 3.8) is 0 Å². The summed E-state index contributed by atoms with van der Waals surface area (Å²) in [5.74, 6) is 0.175. The third-order valence-electron chi connectivity index (χ3n) is 2.11. The molecule has 1 rings (SSSR count). The molecule has 0 heterocycles. The van der Waals surface area contributed by atoms with E-state index in [1.165, 1.54) is 0 Å². The van der Waals surface area contributed by atoms with Gasteiger partial charge in [-0.1, -0.05) is 15.9 Å². The molecule has 0 aliphatic carbocycles. The molecule has 100 valence electrons. The van der Waals surface area contributed by atoms with Crippen LogP contribution in [0.25, 0.3) is 0 Å². The zero-order chi connectivity index (χ0) is 13.5. The normalized spacial score (nSPS) is 9.89. The number of alkyl halides is 1. The molecule has 0 bridgehead atoms. The second-order valence-electron chi connectivity index (χ2n) is 3.52. The van der Waals surface area contributed by atoms with Gasteiger partial charge in [0, 0.05) is 10.2 Å². The SMILES string of the molecule is Cc1cc(OC(=O)CCBr)cc(C)c1SOO[O-].[Na+]. The summed E-state index contributed by atoms with van der Waals surface area (Å²) in [6.45, 7) is 3.65. The smallest absolute Gasteiger partial charge is 0.691 e. The average Bonchev–Trinajstić information content (AvgIpc) is 2.28. The molecule has 0 amide bonds. The predicted molar refractivity (Wildman–Crippen MR) is 68.0 cm³/mol. The summed E-state index contributed by atoms with van der Waals surface area (Å²) >= 11 is 4.00. The number of rotatable bonds is 6. The summed E-state index contributed by atoms with van der Waals surface area (Å²) in [4.78, 5) is 12.1. The van der Waals surface area contributed by atoms with Crippen LogP contribution in [0.3, 0.4) is 0 Å². The summed E-state index contributed by atoms with van der Waals surface area (Å²) in [6, 6.07) is 3.41. The van der Waals surface area contributed by atoms with Crippen LogP contribution in [-0.2, 0) is 14.2 Å². The number of hydrogen-bond donors (Lipinski definition) is 0. The molecule has 0 aromatic heterocycles. The third kappa shape index (κ3) is 6.59. The van der Waals surface area contributed by atoms with E-state index in [1.54, 1.807) is 12.1 Å². The maximum Gasteiger partial charge on any atom is 1.00 e. The quantitative estimate of drug-likeness (QED) is 0.126. The Balaban J connectivity index is 0.00000324. The van der Waals surface area contributed by atoms with Crippen LogP contribution in [0.4, 0.5) is 0 Å². The molecule has 19 heavy (non-hydrogen) atoms. The topological polar surface area (TPSA) is 67.8 Å². The Kier molecular flexibility index (Phi) is 10.4. The van der Waals surface area contributed by atoms with Crippen molar-refractivity contribution in [2.75, 3.05) is 5.33 Å². The van der Waals surface area contributed by atoms with Crippen LogP contribution in [0.1, 0.15) is 17.5 Å². The number of halogens is 1. The van der Waals surface area contributed by atoms with Gasteiger partial charge in [-0.2, -0.15) is 4.33 Å². The van der Waals surface area contributed by atoms with Gasteiger partial charge in [0.05, 0.1) is 18.5 Å². The van der Waals surface area contributed by atoms with Crippen LogP contribution in [0.5, 0.6) is 5.75 Å². The Morgan fingerprint density at radius 1 is 1.37 bits per heavy atom. The Morgan fingerprint density at radius 2 is 1.95 bits per heavy atom. The van der Waals surface area contributed by atoms with Gasteiger partial charge in [0.25, 0.3) is 0 Å². The van der Waals surface area contributed by atoms with Gasteiger partial charge in [-0.3, -0.25) is 9.83 Å². The molecule has 5 nitrogen and oxygen atoms in total. The Hall–Kier alpha value is 0.400. The second kappa shape index (κ2) is 10.2. The van der Waals surface area contributed by atoms with Gasteiger partial charge in [-0.15, -0.1) is 0 Å². The number of carbonyl (C=O) groups is 1. The fourth-order valence-electron chi connectivity index (χ4n) is 1.41. The molecule has 0 saturated carbocycles. The third-order valence-corrected chi connectivity index (χ3v) is 3.44. The molecule has 0 aliphatic rings. The molecule has 1 aromatic carbocycles. The molecule has 8 heteroatoms.